The molecule has 0 bridgehead atoms. The maximum absolute atomic E-state index is 14.0. The van der Waals surface area contributed by atoms with Crippen molar-refractivity contribution < 1.29 is 34.1 Å². The number of rotatable bonds is 18. The largest absolute Gasteiger partial charge is 0.508 e. The number of unbranched alkanes of at least 4 members (excludes halogenated alkanes) is 1. The SMILES string of the molecule is COC(=O)[C@H](Cc1ccccc1)NC(=O)[C@H](CCCCn1cc([C@]2(O)CC[C@H]3[C@@H]4CCc5cc(O)ccc5[C@H]4CC[C@@]32C)nn1)NC(=O)[C@H](CC(C)C)NC(=O)[C@@H](N)C(C)C. The third-order valence-corrected chi connectivity index (χ3v) is 14.0. The predicted octanol–water partition coefficient (Wildman–Crippen LogP) is 4.80. The van der Waals surface area contributed by atoms with E-state index in [2.05, 4.69) is 39.3 Å². The average molecular weight is 842 g/mol. The minimum atomic E-state index is -1.11. The molecule has 14 heteroatoms. The van der Waals surface area contributed by atoms with E-state index in [0.717, 1.165) is 37.7 Å². The van der Waals surface area contributed by atoms with Crippen LogP contribution in [0.2, 0.25) is 0 Å². The molecule has 2 fully saturated rings. The van der Waals surface area contributed by atoms with Gasteiger partial charge >= 0.3 is 5.97 Å². The average Bonchev–Trinajstić information content (AvgIpc) is 3.83. The zero-order valence-corrected chi connectivity index (χ0v) is 36.7. The van der Waals surface area contributed by atoms with Crippen LogP contribution in [0.1, 0.15) is 121 Å². The number of aliphatic hydroxyl groups is 1. The van der Waals surface area contributed by atoms with Crippen molar-refractivity contribution in [2.24, 2.45) is 34.8 Å². The van der Waals surface area contributed by atoms with Gasteiger partial charge in [-0.15, -0.1) is 5.10 Å². The quantitative estimate of drug-likeness (QED) is 0.0762. The molecule has 1 heterocycles. The molecule has 3 amide bonds. The number of nitrogens with zero attached hydrogens (tertiary/aromatic N) is 3. The van der Waals surface area contributed by atoms with Gasteiger partial charge < -0.3 is 36.6 Å². The number of nitrogens with two attached hydrogens (primary N) is 1. The molecule has 9 atom stereocenters. The Balaban J connectivity index is 1.12. The number of aryl methyl sites for hydroxylation is 2. The summed E-state index contributed by atoms with van der Waals surface area (Å²) in [5.74, 6) is -0.668. The number of esters is 1. The van der Waals surface area contributed by atoms with E-state index in [1.54, 1.807) is 10.7 Å². The Hall–Kier alpha value is -4.82. The Morgan fingerprint density at radius 2 is 1.62 bits per heavy atom. The summed E-state index contributed by atoms with van der Waals surface area (Å²) >= 11 is 0. The van der Waals surface area contributed by atoms with Crippen molar-refractivity contribution in [2.75, 3.05) is 7.11 Å². The first-order valence-electron chi connectivity index (χ1n) is 22.3. The fourth-order valence-electron chi connectivity index (χ4n) is 10.5. The molecule has 0 unspecified atom stereocenters. The van der Waals surface area contributed by atoms with Gasteiger partial charge in [0.05, 0.1) is 19.3 Å². The first-order valence-corrected chi connectivity index (χ1v) is 22.3. The van der Waals surface area contributed by atoms with Crippen LogP contribution in [0.25, 0.3) is 0 Å². The number of methoxy groups -OCH3 is 1. The van der Waals surface area contributed by atoms with E-state index in [1.807, 2.05) is 70.3 Å². The third-order valence-electron chi connectivity index (χ3n) is 14.0. The van der Waals surface area contributed by atoms with E-state index in [1.165, 1.54) is 18.2 Å². The standard InChI is InChI=1S/C47H67N7O7/c1-28(2)24-38(50-44(58)41(48)29(3)4)43(57)49-37(42(56)51-39(45(59)61-6)25-30-12-8-7-9-13-30)14-10-11-23-54-27-40(52-53-54)47(60)22-20-36-35-17-15-31-26-32(55)16-18-33(31)34(35)19-21-46(36,47)5/h7-9,12-13,16,18,26-29,34-39,41,55,60H,10-11,14-15,17,19-25,48H2,1-6H3,(H,49,57)(H,50,58)(H,51,56)/t34-,35-,36+,37+,38+,39+,41+,46+,47-/m1/s1. The monoisotopic (exact) mass is 842 g/mol. The third kappa shape index (κ3) is 10.1. The summed E-state index contributed by atoms with van der Waals surface area (Å²) in [5, 5.41) is 40.1. The fraction of sp³-hybridized carbons (Fsp3) is 0.617. The highest BCUT2D eigenvalue weighted by atomic mass is 16.5. The summed E-state index contributed by atoms with van der Waals surface area (Å²) in [4.78, 5) is 53.8. The van der Waals surface area contributed by atoms with Gasteiger partial charge in [0, 0.05) is 18.4 Å². The van der Waals surface area contributed by atoms with E-state index in [4.69, 9.17) is 10.5 Å². The predicted molar refractivity (Wildman–Crippen MR) is 231 cm³/mol. The highest BCUT2D eigenvalue weighted by Crippen LogP contribution is 2.66. The van der Waals surface area contributed by atoms with Gasteiger partial charge in [0.25, 0.3) is 0 Å². The molecule has 1 aromatic heterocycles. The van der Waals surface area contributed by atoms with Gasteiger partial charge in [-0.05, 0) is 123 Å². The van der Waals surface area contributed by atoms with Crippen LogP contribution in [0.15, 0.2) is 54.7 Å². The Bertz CT molecular complexity index is 2000. The second-order valence-electron chi connectivity index (χ2n) is 18.8. The molecule has 0 radical (unpaired) electrons. The molecule has 0 spiro atoms. The van der Waals surface area contributed by atoms with Crippen molar-refractivity contribution >= 4 is 23.7 Å². The summed E-state index contributed by atoms with van der Waals surface area (Å²) in [6.07, 6.45) is 9.05. The van der Waals surface area contributed by atoms with Crippen molar-refractivity contribution in [2.45, 2.75) is 147 Å². The number of fused-ring (bicyclic) bond motifs is 5. The lowest BCUT2D eigenvalue weighted by Gasteiger charge is -2.52. The molecule has 3 aromatic rings. The van der Waals surface area contributed by atoms with Crippen molar-refractivity contribution in [3.63, 3.8) is 0 Å². The lowest BCUT2D eigenvalue weighted by atomic mass is 9.53. The molecule has 0 aliphatic heterocycles. The lowest BCUT2D eigenvalue weighted by molar-refractivity contribution is -0.145. The summed E-state index contributed by atoms with van der Waals surface area (Å²) in [7, 11) is 1.26. The molecule has 6 rings (SSSR count). The number of carbonyl (C=O) groups is 4. The molecule has 14 nitrogen and oxygen atoms in total. The topological polar surface area (TPSA) is 211 Å². The van der Waals surface area contributed by atoms with Gasteiger partial charge in [-0.1, -0.05) is 76.2 Å². The van der Waals surface area contributed by atoms with Crippen LogP contribution >= 0.6 is 0 Å². The minimum Gasteiger partial charge on any atom is -0.508 e. The van der Waals surface area contributed by atoms with Gasteiger partial charge in [0.1, 0.15) is 35.2 Å². The number of nitrogens with one attached hydrogen (secondary N) is 3. The normalized spacial score (nSPS) is 25.0. The molecule has 0 saturated heterocycles. The van der Waals surface area contributed by atoms with E-state index >= 15 is 0 Å². The molecule has 61 heavy (non-hydrogen) atoms. The van der Waals surface area contributed by atoms with Gasteiger partial charge in [-0.3, -0.25) is 19.1 Å². The Kier molecular flexibility index (Phi) is 14.6. The Morgan fingerprint density at radius 1 is 0.918 bits per heavy atom. The number of hydrogen-bond donors (Lipinski definition) is 6. The van der Waals surface area contributed by atoms with E-state index in [9.17, 15) is 29.4 Å². The number of benzene rings is 2. The van der Waals surface area contributed by atoms with Crippen molar-refractivity contribution in [1.82, 2.24) is 30.9 Å². The van der Waals surface area contributed by atoms with Gasteiger partial charge in [-0.2, -0.15) is 0 Å². The Morgan fingerprint density at radius 3 is 2.33 bits per heavy atom. The lowest BCUT2D eigenvalue weighted by Crippen LogP contribution is -2.58. The van der Waals surface area contributed by atoms with Gasteiger partial charge in [0.2, 0.25) is 17.7 Å². The van der Waals surface area contributed by atoms with Crippen LogP contribution < -0.4 is 21.7 Å². The van der Waals surface area contributed by atoms with Gasteiger partial charge in [0.15, 0.2) is 0 Å². The molecular formula is C47H67N7O7. The highest BCUT2D eigenvalue weighted by Gasteiger charge is 2.63. The zero-order valence-electron chi connectivity index (χ0n) is 36.7. The van der Waals surface area contributed by atoms with Crippen molar-refractivity contribution in [1.29, 1.82) is 0 Å². The fourth-order valence-corrected chi connectivity index (χ4v) is 10.5. The van der Waals surface area contributed by atoms with Crippen LogP contribution in [-0.2, 0) is 48.9 Å². The minimum absolute atomic E-state index is 0.0486. The Labute approximate surface area is 360 Å². The number of aromatic hydroxyl groups is 1. The maximum Gasteiger partial charge on any atom is 0.328 e. The highest BCUT2D eigenvalue weighted by molar-refractivity contribution is 5.94. The second kappa shape index (κ2) is 19.5. The maximum atomic E-state index is 14.0. The van der Waals surface area contributed by atoms with E-state index in [-0.39, 0.29) is 30.1 Å². The number of phenols is 1. The first-order chi connectivity index (χ1) is 29.0. The summed E-state index contributed by atoms with van der Waals surface area (Å²) < 4.78 is 6.78. The van der Waals surface area contributed by atoms with Crippen LogP contribution in [0.4, 0.5) is 0 Å². The number of phenolic OH excluding ortho intramolecular Hbond substituents is 1. The molecule has 3 aliphatic carbocycles. The number of carbonyl (C=O) groups excluding carboxylic acids is 4. The number of amides is 3. The molecule has 332 valence electrons. The van der Waals surface area contributed by atoms with E-state index in [0.29, 0.717) is 61.4 Å². The van der Waals surface area contributed by atoms with Crippen LogP contribution in [-0.4, -0.2) is 80.2 Å². The molecule has 7 N–H and O–H groups in total. The van der Waals surface area contributed by atoms with Crippen LogP contribution in [0.3, 0.4) is 0 Å². The van der Waals surface area contributed by atoms with Gasteiger partial charge in [-0.25, -0.2) is 4.79 Å². The van der Waals surface area contributed by atoms with Crippen LogP contribution in [0.5, 0.6) is 5.75 Å². The van der Waals surface area contributed by atoms with Crippen molar-refractivity contribution in [3.8, 4) is 5.75 Å². The first kappa shape index (κ1) is 45.7. The summed E-state index contributed by atoms with van der Waals surface area (Å²) in [6.45, 7) is 10.2. The van der Waals surface area contributed by atoms with Crippen molar-refractivity contribution in [3.05, 3.63) is 77.1 Å². The zero-order chi connectivity index (χ0) is 44.1. The molecule has 2 saturated carbocycles. The molecular weight excluding hydrogens is 775 g/mol. The summed E-state index contributed by atoms with van der Waals surface area (Å²) in [5.41, 5.74) is 8.66. The van der Waals surface area contributed by atoms with Crippen LogP contribution in [0, 0.1) is 29.1 Å². The number of ether oxygens (including phenoxy) is 1. The summed E-state index contributed by atoms with van der Waals surface area (Å²) in [6, 6.07) is 11.3. The molecule has 3 aliphatic rings. The molecule has 2 aromatic carbocycles. The number of aromatic nitrogens is 3. The second-order valence-corrected chi connectivity index (χ2v) is 18.8. The van der Waals surface area contributed by atoms with E-state index < -0.39 is 53.5 Å². The smallest absolute Gasteiger partial charge is 0.328 e. The number of hydrogen-bond acceptors (Lipinski definition) is 10.